The van der Waals surface area contributed by atoms with Gasteiger partial charge in [-0.15, -0.1) is 0 Å². The van der Waals surface area contributed by atoms with Gasteiger partial charge in [-0.25, -0.2) is 4.39 Å². The van der Waals surface area contributed by atoms with E-state index in [1.807, 2.05) is 13.8 Å². The van der Waals surface area contributed by atoms with Crippen LogP contribution in [0.1, 0.15) is 24.2 Å². The molecule has 0 fully saturated rings. The molecule has 0 saturated heterocycles. The van der Waals surface area contributed by atoms with E-state index in [0.717, 1.165) is 6.20 Å². The molecule has 2 heterocycles. The van der Waals surface area contributed by atoms with Crippen molar-refractivity contribution in [2.24, 2.45) is 0 Å². The van der Waals surface area contributed by atoms with Gasteiger partial charge in [0.25, 0.3) is 0 Å². The molecular weight excluding hydrogens is 310 g/mol. The number of carbonyl (C=O) groups excluding carboxylic acids is 1. The summed E-state index contributed by atoms with van der Waals surface area (Å²) < 4.78 is 12.7. The van der Waals surface area contributed by atoms with Crippen LogP contribution in [-0.2, 0) is 32.7 Å². The van der Waals surface area contributed by atoms with Crippen molar-refractivity contribution in [2.45, 2.75) is 13.8 Å². The molecule has 0 aliphatic heterocycles. The molecule has 1 radical (unpaired) electrons. The summed E-state index contributed by atoms with van der Waals surface area (Å²) >= 11 is 0. The van der Waals surface area contributed by atoms with Crippen molar-refractivity contribution < 1.29 is 41.9 Å². The second kappa shape index (κ2) is 9.06. The van der Waals surface area contributed by atoms with Crippen LogP contribution in [0.5, 0.6) is 0 Å². The Hall–Kier alpha value is -0.936. The van der Waals surface area contributed by atoms with Crippen LogP contribution < -0.4 is 0 Å². The van der Waals surface area contributed by atoms with Crippen molar-refractivity contribution in [1.82, 2.24) is 9.97 Å². The molecule has 0 aliphatic rings. The first-order chi connectivity index (χ1) is 7.68. The third-order valence-electron chi connectivity index (χ3n) is 1.79. The molecule has 1 N–H and O–H groups in total. The molecule has 0 atom stereocenters. The number of hydrogen-bond acceptors (Lipinski definition) is 3. The van der Waals surface area contributed by atoms with Crippen LogP contribution >= 0.6 is 0 Å². The maximum Gasteiger partial charge on any atom is 0.143 e. The Morgan fingerprint density at radius 3 is 2.50 bits per heavy atom. The Kier molecular flexibility index (Phi) is 9.76. The van der Waals surface area contributed by atoms with Gasteiger partial charge in [-0.2, -0.15) is 0 Å². The summed E-state index contributed by atoms with van der Waals surface area (Å²) in [5.41, 5.74) is 7.63. The maximum absolute atomic E-state index is 12.7. The molecular formula is C12H14FN3OY-2. The van der Waals surface area contributed by atoms with Crippen molar-refractivity contribution >= 4 is 16.9 Å². The Morgan fingerprint density at radius 1 is 1.33 bits per heavy atom. The number of halogens is 1. The first-order valence-corrected chi connectivity index (χ1v) is 4.84. The number of aromatic nitrogens is 2. The van der Waals surface area contributed by atoms with E-state index in [1.54, 1.807) is 0 Å². The van der Waals surface area contributed by atoms with E-state index in [2.05, 4.69) is 9.97 Å². The van der Waals surface area contributed by atoms with E-state index in [0.29, 0.717) is 0 Å². The van der Waals surface area contributed by atoms with Crippen molar-refractivity contribution in [3.05, 3.63) is 49.1 Å². The third-order valence-corrected chi connectivity index (χ3v) is 1.79. The molecule has 0 bridgehead atoms. The monoisotopic (exact) mass is 324 g/mol. The van der Waals surface area contributed by atoms with Crippen LogP contribution in [0.2, 0.25) is 0 Å². The van der Waals surface area contributed by atoms with Crippen LogP contribution in [0, 0.1) is 13.2 Å². The van der Waals surface area contributed by atoms with E-state index in [9.17, 15) is 9.18 Å². The predicted octanol–water partition coefficient (Wildman–Crippen LogP) is 3.44. The van der Waals surface area contributed by atoms with Crippen LogP contribution in [0.25, 0.3) is 16.8 Å². The van der Waals surface area contributed by atoms with Crippen molar-refractivity contribution in [3.8, 4) is 0 Å². The molecule has 0 aromatic carbocycles. The molecule has 2 rings (SSSR count). The zero-order valence-electron chi connectivity index (χ0n) is 10.6. The number of pyridine rings is 2. The summed E-state index contributed by atoms with van der Waals surface area (Å²) in [5, 5.41) is 0. The van der Waals surface area contributed by atoms with Gasteiger partial charge in [0, 0.05) is 50.5 Å². The second-order valence-electron chi connectivity index (χ2n) is 2.71. The Labute approximate surface area is 131 Å². The number of carbonyl (C=O) groups is 1. The summed E-state index contributed by atoms with van der Waals surface area (Å²) in [4.78, 5) is 18.4. The van der Waals surface area contributed by atoms with Crippen LogP contribution in [-0.4, -0.2) is 15.9 Å². The fraction of sp³-hybridized carbons (Fsp3) is 0.167. The van der Waals surface area contributed by atoms with E-state index in [-0.39, 0.29) is 56.7 Å². The Morgan fingerprint density at radius 2 is 1.94 bits per heavy atom. The zero-order chi connectivity index (χ0) is 12.1. The molecule has 2 aromatic heterocycles. The van der Waals surface area contributed by atoms with Crippen molar-refractivity contribution in [1.29, 1.82) is 0 Å². The van der Waals surface area contributed by atoms with Gasteiger partial charge < -0.3 is 18.0 Å². The first kappa shape index (κ1) is 19.4. The summed E-state index contributed by atoms with van der Waals surface area (Å²) in [5.74, 6) is -1.36. The van der Waals surface area contributed by atoms with Crippen LogP contribution in [0.15, 0.2) is 24.5 Å². The number of rotatable bonds is 1. The quantitative estimate of drug-likeness (QED) is 0.755. The van der Waals surface area contributed by atoms with Gasteiger partial charge >= 0.3 is 0 Å². The van der Waals surface area contributed by atoms with Crippen LogP contribution in [0.4, 0.5) is 4.39 Å². The minimum Gasteiger partial charge on any atom is -0.663 e. The first-order valence-electron chi connectivity index (χ1n) is 4.84. The Bertz CT molecular complexity index is 520. The second-order valence-corrected chi connectivity index (χ2v) is 2.71. The SMILES string of the molecule is CC.[CH3-].[NH-]C(=O)c1ccnc2cc(F)cnc12.[Y]. The number of fused-ring (bicyclic) bond motifs is 1. The average Bonchev–Trinajstić information content (AvgIpc) is 2.30. The molecule has 1 amide bonds. The molecule has 95 valence electrons. The van der Waals surface area contributed by atoms with Crippen molar-refractivity contribution in [2.75, 3.05) is 0 Å². The molecule has 0 unspecified atom stereocenters. The van der Waals surface area contributed by atoms with Crippen molar-refractivity contribution in [3.63, 3.8) is 0 Å². The minimum absolute atomic E-state index is 0. The van der Waals surface area contributed by atoms with Gasteiger partial charge in [-0.3, -0.25) is 9.97 Å². The summed E-state index contributed by atoms with van der Waals surface area (Å²) in [6, 6.07) is 2.57. The molecule has 18 heavy (non-hydrogen) atoms. The maximum atomic E-state index is 12.7. The largest absolute Gasteiger partial charge is 0.663 e. The van der Waals surface area contributed by atoms with Gasteiger partial charge in [0.05, 0.1) is 23.1 Å². The predicted molar refractivity (Wildman–Crippen MR) is 65.9 cm³/mol. The average molecular weight is 324 g/mol. The van der Waals surface area contributed by atoms with Gasteiger partial charge in [0.15, 0.2) is 0 Å². The number of nitrogens with zero attached hydrogens (tertiary/aromatic N) is 2. The molecule has 6 heteroatoms. The molecule has 0 spiro atoms. The molecule has 2 aromatic rings. The number of amides is 1. The van der Waals surface area contributed by atoms with Gasteiger partial charge in [-0.05, 0) is 6.07 Å². The number of nitrogens with one attached hydrogen (secondary N) is 1. The zero-order valence-corrected chi connectivity index (χ0v) is 13.4. The summed E-state index contributed by atoms with van der Waals surface area (Å²) in [6.07, 6.45) is 2.35. The smallest absolute Gasteiger partial charge is 0.143 e. The van der Waals surface area contributed by atoms with Gasteiger partial charge in [0.1, 0.15) is 5.82 Å². The Balaban J connectivity index is 0. The fourth-order valence-corrected chi connectivity index (χ4v) is 1.19. The van der Waals surface area contributed by atoms with E-state index in [1.165, 1.54) is 18.3 Å². The number of hydrogen-bond donors (Lipinski definition) is 0. The molecule has 0 aliphatic carbocycles. The van der Waals surface area contributed by atoms with E-state index in [4.69, 9.17) is 5.73 Å². The third kappa shape index (κ3) is 4.39. The minimum atomic E-state index is -0.850. The topological polar surface area (TPSA) is 66.7 Å². The standard InChI is InChI=1S/C9H6FN3O.C2H6.CH3.Y/c10-5-3-7-8(13-4-5)6(9(11)14)1-2-12-7;1-2;;/h1-4H,(H2,11,14);1-2H3;1H3;/q;;-1;/p-1. The molecule has 4 nitrogen and oxygen atoms in total. The summed E-state index contributed by atoms with van der Waals surface area (Å²) in [7, 11) is 0. The van der Waals surface area contributed by atoms with Gasteiger partial charge in [0.2, 0.25) is 0 Å². The van der Waals surface area contributed by atoms with E-state index < -0.39 is 11.7 Å². The fourth-order valence-electron chi connectivity index (χ4n) is 1.19. The van der Waals surface area contributed by atoms with Gasteiger partial charge in [-0.1, -0.05) is 13.8 Å². The van der Waals surface area contributed by atoms with Crippen LogP contribution in [0.3, 0.4) is 0 Å². The molecule has 0 saturated carbocycles. The normalized spacial score (nSPS) is 8.39. The summed E-state index contributed by atoms with van der Waals surface area (Å²) in [6.45, 7) is 4.00. The van der Waals surface area contributed by atoms with E-state index >= 15 is 0 Å².